The van der Waals surface area contributed by atoms with Crippen molar-refractivity contribution in [1.29, 1.82) is 0 Å². The number of hydrogen-bond donors (Lipinski definition) is 3. The van der Waals surface area contributed by atoms with Gasteiger partial charge in [0.25, 0.3) is 0 Å². The van der Waals surface area contributed by atoms with Gasteiger partial charge in [0.05, 0.1) is 12.5 Å². The predicted octanol–water partition coefficient (Wildman–Crippen LogP) is 0.286. The van der Waals surface area contributed by atoms with Crippen molar-refractivity contribution in [2.75, 3.05) is 26.2 Å². The van der Waals surface area contributed by atoms with Gasteiger partial charge in [-0.15, -0.1) is 0 Å². The Morgan fingerprint density at radius 2 is 2.00 bits per heavy atom. The zero-order valence-corrected chi connectivity index (χ0v) is 10.8. The van der Waals surface area contributed by atoms with E-state index in [-0.39, 0.29) is 18.6 Å². The summed E-state index contributed by atoms with van der Waals surface area (Å²) in [7, 11) is 0. The fraction of sp³-hybridized carbons (Fsp3) is 0.923. The van der Waals surface area contributed by atoms with Gasteiger partial charge in [-0.25, -0.2) is 0 Å². The maximum absolute atomic E-state index is 11.2. The van der Waals surface area contributed by atoms with Crippen molar-refractivity contribution in [3.8, 4) is 0 Å². The number of aliphatic hydroxyl groups is 1. The standard InChI is InChI=1S/C13H24N2O3/c16-6-5-14-11-7-10(13(17)18)8-15(9-11)12-3-1-2-4-12/h10-12,14,16H,1-9H2,(H,17,18). The van der Waals surface area contributed by atoms with Gasteiger partial charge in [-0.2, -0.15) is 0 Å². The van der Waals surface area contributed by atoms with Gasteiger partial charge in [-0.3, -0.25) is 9.69 Å². The number of rotatable bonds is 5. The highest BCUT2D eigenvalue weighted by Crippen LogP contribution is 2.28. The number of hydrogen-bond acceptors (Lipinski definition) is 4. The van der Waals surface area contributed by atoms with Crippen molar-refractivity contribution >= 4 is 5.97 Å². The Bertz CT molecular complexity index is 279. The van der Waals surface area contributed by atoms with E-state index in [1.165, 1.54) is 25.7 Å². The molecule has 0 aromatic carbocycles. The van der Waals surface area contributed by atoms with Gasteiger partial charge >= 0.3 is 5.97 Å². The Morgan fingerprint density at radius 3 is 2.61 bits per heavy atom. The van der Waals surface area contributed by atoms with E-state index in [9.17, 15) is 9.90 Å². The Balaban J connectivity index is 1.94. The minimum Gasteiger partial charge on any atom is -0.481 e. The van der Waals surface area contributed by atoms with Crippen LogP contribution in [-0.2, 0) is 4.79 Å². The van der Waals surface area contributed by atoms with E-state index in [0.717, 1.165) is 6.54 Å². The summed E-state index contributed by atoms with van der Waals surface area (Å²) in [5, 5.41) is 21.3. The molecule has 2 rings (SSSR count). The normalized spacial score (nSPS) is 30.7. The molecule has 2 unspecified atom stereocenters. The molecule has 0 bridgehead atoms. The van der Waals surface area contributed by atoms with Crippen LogP contribution in [0.2, 0.25) is 0 Å². The number of nitrogens with one attached hydrogen (secondary N) is 1. The third-order valence-electron chi connectivity index (χ3n) is 4.21. The Kier molecular flexibility index (Phi) is 4.97. The highest BCUT2D eigenvalue weighted by atomic mass is 16.4. The molecule has 104 valence electrons. The summed E-state index contributed by atoms with van der Waals surface area (Å²) in [6, 6.07) is 0.776. The summed E-state index contributed by atoms with van der Waals surface area (Å²) in [5.41, 5.74) is 0. The fourth-order valence-electron chi connectivity index (χ4n) is 3.30. The van der Waals surface area contributed by atoms with Crippen LogP contribution in [0, 0.1) is 5.92 Å². The SMILES string of the molecule is O=C(O)C1CC(NCCO)CN(C2CCCC2)C1. The molecule has 3 N–H and O–H groups in total. The summed E-state index contributed by atoms with van der Waals surface area (Å²) in [4.78, 5) is 13.6. The van der Waals surface area contributed by atoms with Gasteiger partial charge in [0.15, 0.2) is 0 Å². The molecule has 2 fully saturated rings. The maximum atomic E-state index is 11.2. The molecule has 1 saturated carbocycles. The van der Waals surface area contributed by atoms with Crippen LogP contribution in [0.5, 0.6) is 0 Å². The molecule has 5 heteroatoms. The zero-order chi connectivity index (χ0) is 13.0. The molecule has 1 saturated heterocycles. The van der Waals surface area contributed by atoms with Gasteiger partial charge in [0.2, 0.25) is 0 Å². The minimum atomic E-state index is -0.687. The van der Waals surface area contributed by atoms with Crippen molar-refractivity contribution in [2.45, 2.75) is 44.2 Å². The lowest BCUT2D eigenvalue weighted by Crippen LogP contribution is -2.54. The van der Waals surface area contributed by atoms with Crippen molar-refractivity contribution < 1.29 is 15.0 Å². The number of piperidine rings is 1. The lowest BCUT2D eigenvalue weighted by atomic mass is 9.92. The molecule has 0 radical (unpaired) electrons. The zero-order valence-electron chi connectivity index (χ0n) is 10.8. The lowest BCUT2D eigenvalue weighted by molar-refractivity contribution is -0.144. The van der Waals surface area contributed by atoms with Gasteiger partial charge < -0.3 is 15.5 Å². The number of nitrogens with zero attached hydrogens (tertiary/aromatic N) is 1. The number of carboxylic acids is 1. The summed E-state index contributed by atoms with van der Waals surface area (Å²) in [6.07, 6.45) is 5.64. The minimum absolute atomic E-state index is 0.109. The van der Waals surface area contributed by atoms with E-state index < -0.39 is 5.97 Å². The van der Waals surface area contributed by atoms with Crippen LogP contribution >= 0.6 is 0 Å². The van der Waals surface area contributed by atoms with E-state index in [4.69, 9.17) is 5.11 Å². The van der Waals surface area contributed by atoms with Crippen molar-refractivity contribution in [2.24, 2.45) is 5.92 Å². The Morgan fingerprint density at radius 1 is 1.28 bits per heavy atom. The third-order valence-corrected chi connectivity index (χ3v) is 4.21. The molecule has 1 aliphatic carbocycles. The number of carbonyl (C=O) groups is 1. The van der Waals surface area contributed by atoms with Gasteiger partial charge in [-0.05, 0) is 19.3 Å². The summed E-state index contributed by atoms with van der Waals surface area (Å²) < 4.78 is 0. The number of aliphatic hydroxyl groups excluding tert-OH is 1. The van der Waals surface area contributed by atoms with Crippen molar-refractivity contribution in [3.05, 3.63) is 0 Å². The molecule has 18 heavy (non-hydrogen) atoms. The molecule has 1 aliphatic heterocycles. The summed E-state index contributed by atoms with van der Waals surface area (Å²) >= 11 is 0. The Labute approximate surface area is 108 Å². The van der Waals surface area contributed by atoms with E-state index in [0.29, 0.717) is 25.6 Å². The summed E-state index contributed by atoms with van der Waals surface area (Å²) in [6.45, 7) is 2.28. The van der Waals surface area contributed by atoms with Crippen LogP contribution < -0.4 is 5.32 Å². The number of carboxylic acid groups (broad SMARTS) is 1. The van der Waals surface area contributed by atoms with Crippen molar-refractivity contribution in [1.82, 2.24) is 10.2 Å². The molecule has 5 nitrogen and oxygen atoms in total. The second-order valence-corrected chi connectivity index (χ2v) is 5.54. The van der Waals surface area contributed by atoms with E-state index in [1.54, 1.807) is 0 Å². The Hall–Kier alpha value is -0.650. The average molecular weight is 256 g/mol. The first-order valence-corrected chi connectivity index (χ1v) is 7.02. The number of aliphatic carboxylic acids is 1. The van der Waals surface area contributed by atoms with E-state index >= 15 is 0 Å². The molecule has 2 atom stereocenters. The van der Waals surface area contributed by atoms with Gasteiger partial charge in [0.1, 0.15) is 0 Å². The highest BCUT2D eigenvalue weighted by molar-refractivity contribution is 5.70. The molecule has 0 spiro atoms. The predicted molar refractivity (Wildman–Crippen MR) is 68.4 cm³/mol. The highest BCUT2D eigenvalue weighted by Gasteiger charge is 2.35. The largest absolute Gasteiger partial charge is 0.481 e. The van der Waals surface area contributed by atoms with Gasteiger partial charge in [-0.1, -0.05) is 12.8 Å². The molecular weight excluding hydrogens is 232 g/mol. The first-order chi connectivity index (χ1) is 8.70. The maximum Gasteiger partial charge on any atom is 0.307 e. The first-order valence-electron chi connectivity index (χ1n) is 7.02. The molecule has 0 aromatic rings. The lowest BCUT2D eigenvalue weighted by Gasteiger charge is -2.40. The fourth-order valence-corrected chi connectivity index (χ4v) is 3.30. The van der Waals surface area contributed by atoms with Crippen LogP contribution in [-0.4, -0.2) is 59.4 Å². The second kappa shape index (κ2) is 6.50. The smallest absolute Gasteiger partial charge is 0.307 e. The number of likely N-dealkylation sites (tertiary alicyclic amines) is 1. The quantitative estimate of drug-likeness (QED) is 0.659. The van der Waals surface area contributed by atoms with Crippen LogP contribution in [0.25, 0.3) is 0 Å². The molecule has 1 heterocycles. The van der Waals surface area contributed by atoms with Crippen LogP contribution in [0.1, 0.15) is 32.1 Å². The summed E-state index contributed by atoms with van der Waals surface area (Å²) in [5.74, 6) is -0.955. The topological polar surface area (TPSA) is 72.8 Å². The molecule has 2 aliphatic rings. The van der Waals surface area contributed by atoms with Crippen LogP contribution in [0.4, 0.5) is 0 Å². The third kappa shape index (κ3) is 3.43. The van der Waals surface area contributed by atoms with Crippen molar-refractivity contribution in [3.63, 3.8) is 0 Å². The monoisotopic (exact) mass is 256 g/mol. The van der Waals surface area contributed by atoms with E-state index in [1.807, 2.05) is 0 Å². The van der Waals surface area contributed by atoms with Crippen LogP contribution in [0.15, 0.2) is 0 Å². The van der Waals surface area contributed by atoms with Crippen LogP contribution in [0.3, 0.4) is 0 Å². The van der Waals surface area contributed by atoms with Gasteiger partial charge in [0, 0.05) is 31.7 Å². The molecule has 0 aromatic heterocycles. The second-order valence-electron chi connectivity index (χ2n) is 5.54. The molecule has 0 amide bonds. The first kappa shape index (κ1) is 13.8. The molecular formula is C13H24N2O3. The van der Waals surface area contributed by atoms with E-state index in [2.05, 4.69) is 10.2 Å². The average Bonchev–Trinajstić information content (AvgIpc) is 2.89.